The molecule has 0 saturated carbocycles. The molecule has 0 saturated heterocycles. The summed E-state index contributed by atoms with van der Waals surface area (Å²) in [6, 6.07) is 11.0. The van der Waals surface area contributed by atoms with Crippen molar-refractivity contribution in [3.05, 3.63) is 59.4 Å². The number of hydrogen-bond donors (Lipinski definition) is 1. The lowest BCUT2D eigenvalue weighted by molar-refractivity contribution is -0.137. The molecule has 2 rings (SSSR count). The van der Waals surface area contributed by atoms with Crippen molar-refractivity contribution >= 4 is 17.5 Å². The van der Waals surface area contributed by atoms with Gasteiger partial charge in [0.1, 0.15) is 17.7 Å². The maximum absolute atomic E-state index is 12.7. The molecule has 0 amide bonds. The van der Waals surface area contributed by atoms with E-state index in [1.807, 2.05) is 0 Å². The van der Waals surface area contributed by atoms with Gasteiger partial charge in [0.15, 0.2) is 0 Å². The van der Waals surface area contributed by atoms with Gasteiger partial charge >= 0.3 is 6.18 Å². The Bertz CT molecular complexity index is 810. The van der Waals surface area contributed by atoms with Crippen LogP contribution in [0.5, 0.6) is 0 Å². The molecule has 0 bridgehead atoms. The van der Waals surface area contributed by atoms with E-state index in [9.17, 15) is 13.2 Å². The molecule has 0 spiro atoms. The first-order valence-corrected chi connectivity index (χ1v) is 6.34. The van der Waals surface area contributed by atoms with Crippen LogP contribution < -0.4 is 5.32 Å². The predicted octanol–water partition coefficient (Wildman–Crippen LogP) is 4.27. The zero-order chi connectivity index (χ0) is 16.9. The van der Waals surface area contributed by atoms with E-state index < -0.39 is 11.7 Å². The Kier molecular flexibility index (Phi) is 4.63. The highest BCUT2D eigenvalue weighted by atomic mass is 19.4. The van der Waals surface area contributed by atoms with Crippen LogP contribution in [0.3, 0.4) is 0 Å². The fourth-order valence-corrected chi connectivity index (χ4v) is 1.80. The summed E-state index contributed by atoms with van der Waals surface area (Å²) in [5, 5.41) is 20.4. The standard InChI is InChI=1S/C16H9F3N4/c17-16(18,19)13-6-14(10-22-9-13)23-15-4-2-1-3-12(15)5-11(7-20)8-21/h1-6,9-10,23H. The number of pyridine rings is 1. The van der Waals surface area contributed by atoms with Gasteiger partial charge in [0, 0.05) is 11.9 Å². The Hall–Kier alpha value is -3.32. The third-order valence-electron chi connectivity index (χ3n) is 2.85. The van der Waals surface area contributed by atoms with E-state index >= 15 is 0 Å². The number of aromatic nitrogens is 1. The van der Waals surface area contributed by atoms with Crippen molar-refractivity contribution in [3.63, 3.8) is 0 Å². The predicted molar refractivity (Wildman–Crippen MR) is 78.2 cm³/mol. The van der Waals surface area contributed by atoms with Gasteiger partial charge in [-0.1, -0.05) is 18.2 Å². The van der Waals surface area contributed by atoms with Crippen molar-refractivity contribution in [2.45, 2.75) is 6.18 Å². The van der Waals surface area contributed by atoms with Crippen LogP contribution in [0.25, 0.3) is 6.08 Å². The molecule has 114 valence electrons. The summed E-state index contributed by atoms with van der Waals surface area (Å²) < 4.78 is 38.1. The summed E-state index contributed by atoms with van der Waals surface area (Å²) >= 11 is 0. The van der Waals surface area contributed by atoms with Crippen molar-refractivity contribution in [3.8, 4) is 12.1 Å². The second-order valence-corrected chi connectivity index (χ2v) is 4.45. The van der Waals surface area contributed by atoms with Gasteiger partial charge in [0.25, 0.3) is 0 Å². The summed E-state index contributed by atoms with van der Waals surface area (Å²) in [4.78, 5) is 3.57. The zero-order valence-corrected chi connectivity index (χ0v) is 11.6. The van der Waals surface area contributed by atoms with E-state index in [1.165, 1.54) is 12.3 Å². The van der Waals surface area contributed by atoms with Gasteiger partial charge in [0.2, 0.25) is 0 Å². The zero-order valence-electron chi connectivity index (χ0n) is 11.6. The first-order valence-electron chi connectivity index (χ1n) is 6.34. The molecule has 7 heteroatoms. The first kappa shape index (κ1) is 16.1. The monoisotopic (exact) mass is 314 g/mol. The van der Waals surface area contributed by atoms with Crippen molar-refractivity contribution in [1.82, 2.24) is 4.98 Å². The maximum atomic E-state index is 12.7. The number of halogens is 3. The smallest absolute Gasteiger partial charge is 0.354 e. The van der Waals surface area contributed by atoms with Crippen LogP contribution in [0.2, 0.25) is 0 Å². The van der Waals surface area contributed by atoms with E-state index in [1.54, 1.807) is 36.4 Å². The molecule has 0 unspecified atom stereocenters. The van der Waals surface area contributed by atoms with Gasteiger partial charge < -0.3 is 5.32 Å². The minimum atomic E-state index is -4.49. The van der Waals surface area contributed by atoms with Crippen LogP contribution in [0.1, 0.15) is 11.1 Å². The first-order chi connectivity index (χ1) is 10.9. The molecule has 1 N–H and O–H groups in total. The molecule has 0 aliphatic carbocycles. The van der Waals surface area contributed by atoms with Gasteiger partial charge in [0.05, 0.1) is 17.4 Å². The fourth-order valence-electron chi connectivity index (χ4n) is 1.80. The van der Waals surface area contributed by atoms with E-state index in [4.69, 9.17) is 10.5 Å². The number of para-hydroxylation sites is 1. The Morgan fingerprint density at radius 2 is 1.83 bits per heavy atom. The van der Waals surface area contributed by atoms with Gasteiger partial charge in [-0.05, 0) is 23.8 Å². The second kappa shape index (κ2) is 6.63. The third kappa shape index (κ3) is 4.08. The molecule has 2 aromatic rings. The van der Waals surface area contributed by atoms with Crippen molar-refractivity contribution in [2.24, 2.45) is 0 Å². The Morgan fingerprint density at radius 1 is 1.13 bits per heavy atom. The van der Waals surface area contributed by atoms with Crippen LogP contribution in [-0.4, -0.2) is 4.98 Å². The number of nitrogens with zero attached hydrogens (tertiary/aromatic N) is 3. The number of alkyl halides is 3. The van der Waals surface area contributed by atoms with Crippen LogP contribution in [0.15, 0.2) is 48.3 Å². The number of benzene rings is 1. The number of anilines is 2. The molecular weight excluding hydrogens is 305 g/mol. The molecule has 23 heavy (non-hydrogen) atoms. The molecule has 4 nitrogen and oxygen atoms in total. The van der Waals surface area contributed by atoms with E-state index in [-0.39, 0.29) is 11.3 Å². The quantitative estimate of drug-likeness (QED) is 0.858. The minimum Gasteiger partial charge on any atom is -0.354 e. The van der Waals surface area contributed by atoms with Crippen molar-refractivity contribution < 1.29 is 13.2 Å². The highest BCUT2D eigenvalue weighted by molar-refractivity contribution is 5.75. The van der Waals surface area contributed by atoms with Crippen molar-refractivity contribution in [2.75, 3.05) is 5.32 Å². The lowest BCUT2D eigenvalue weighted by atomic mass is 10.1. The van der Waals surface area contributed by atoms with E-state index in [0.29, 0.717) is 11.3 Å². The lowest BCUT2D eigenvalue weighted by Crippen LogP contribution is -2.06. The highest BCUT2D eigenvalue weighted by Crippen LogP contribution is 2.31. The molecular formula is C16H9F3N4. The summed E-state index contributed by atoms with van der Waals surface area (Å²) in [6.07, 6.45) is -1.14. The molecule has 0 aliphatic rings. The molecule has 0 radical (unpaired) electrons. The van der Waals surface area contributed by atoms with E-state index in [0.717, 1.165) is 12.3 Å². The van der Waals surface area contributed by atoms with Crippen LogP contribution in [0.4, 0.5) is 24.5 Å². The Morgan fingerprint density at radius 3 is 2.48 bits per heavy atom. The summed E-state index contributed by atoms with van der Waals surface area (Å²) in [5.74, 6) is 0. The molecule has 0 atom stereocenters. The van der Waals surface area contributed by atoms with Crippen LogP contribution >= 0.6 is 0 Å². The summed E-state index contributed by atoms with van der Waals surface area (Å²) in [5.41, 5.74) is 0.127. The normalized spacial score (nSPS) is 10.3. The van der Waals surface area contributed by atoms with Crippen molar-refractivity contribution in [1.29, 1.82) is 10.5 Å². The topological polar surface area (TPSA) is 72.5 Å². The third-order valence-corrected chi connectivity index (χ3v) is 2.85. The number of rotatable bonds is 3. The number of nitriles is 2. The summed E-state index contributed by atoms with van der Waals surface area (Å²) in [6.45, 7) is 0. The number of allylic oxidation sites excluding steroid dienone is 1. The second-order valence-electron chi connectivity index (χ2n) is 4.45. The SMILES string of the molecule is N#CC(C#N)=Cc1ccccc1Nc1cncc(C(F)(F)F)c1. The Balaban J connectivity index is 2.38. The Labute approximate surface area is 130 Å². The lowest BCUT2D eigenvalue weighted by Gasteiger charge is -2.12. The molecule has 0 fully saturated rings. The average molecular weight is 314 g/mol. The van der Waals surface area contributed by atoms with Gasteiger partial charge in [-0.3, -0.25) is 4.98 Å². The maximum Gasteiger partial charge on any atom is 0.417 e. The fraction of sp³-hybridized carbons (Fsp3) is 0.0625. The summed E-state index contributed by atoms with van der Waals surface area (Å²) in [7, 11) is 0. The van der Waals surface area contributed by atoms with E-state index in [2.05, 4.69) is 10.3 Å². The molecule has 1 heterocycles. The molecule has 0 aliphatic heterocycles. The van der Waals surface area contributed by atoms with Gasteiger partial charge in [-0.2, -0.15) is 23.7 Å². The molecule has 1 aromatic carbocycles. The highest BCUT2D eigenvalue weighted by Gasteiger charge is 2.31. The van der Waals surface area contributed by atoms with Crippen LogP contribution in [-0.2, 0) is 6.18 Å². The average Bonchev–Trinajstić information content (AvgIpc) is 2.53. The van der Waals surface area contributed by atoms with Crippen LogP contribution in [0, 0.1) is 22.7 Å². The minimum absolute atomic E-state index is 0.110. The number of hydrogen-bond acceptors (Lipinski definition) is 4. The van der Waals surface area contributed by atoms with Gasteiger partial charge in [-0.25, -0.2) is 0 Å². The largest absolute Gasteiger partial charge is 0.417 e. The number of nitrogens with one attached hydrogen (secondary N) is 1. The molecule has 1 aromatic heterocycles. The van der Waals surface area contributed by atoms with Gasteiger partial charge in [-0.15, -0.1) is 0 Å².